The SMILES string of the molecule is CCC/C=C1\CCCc2sc(C(=O)O)cc21. The summed E-state index contributed by atoms with van der Waals surface area (Å²) >= 11 is 1.44. The fraction of sp³-hybridized carbons (Fsp3) is 0.462. The van der Waals surface area contributed by atoms with Gasteiger partial charge in [-0.15, -0.1) is 11.3 Å². The third-order valence-electron chi connectivity index (χ3n) is 2.90. The lowest BCUT2D eigenvalue weighted by Gasteiger charge is -2.14. The molecule has 1 N–H and O–H groups in total. The highest BCUT2D eigenvalue weighted by atomic mass is 32.1. The number of unbranched alkanes of at least 4 members (excludes halogenated alkanes) is 1. The van der Waals surface area contributed by atoms with E-state index in [1.54, 1.807) is 0 Å². The predicted octanol–water partition coefficient (Wildman–Crippen LogP) is 3.97. The number of aromatic carboxylic acids is 1. The van der Waals surface area contributed by atoms with Crippen molar-refractivity contribution in [2.75, 3.05) is 0 Å². The van der Waals surface area contributed by atoms with Gasteiger partial charge in [0.25, 0.3) is 0 Å². The van der Waals surface area contributed by atoms with Crippen molar-refractivity contribution in [2.45, 2.75) is 39.0 Å². The van der Waals surface area contributed by atoms with Gasteiger partial charge in [-0.2, -0.15) is 0 Å². The van der Waals surface area contributed by atoms with Crippen LogP contribution in [0.2, 0.25) is 0 Å². The molecule has 0 atom stereocenters. The summed E-state index contributed by atoms with van der Waals surface area (Å²) in [7, 11) is 0. The minimum Gasteiger partial charge on any atom is -0.477 e. The molecule has 1 aromatic heterocycles. The molecule has 1 heterocycles. The molecule has 0 unspecified atom stereocenters. The van der Waals surface area contributed by atoms with E-state index in [1.165, 1.54) is 27.4 Å². The minimum absolute atomic E-state index is 0.481. The third-order valence-corrected chi connectivity index (χ3v) is 4.08. The van der Waals surface area contributed by atoms with Gasteiger partial charge in [-0.25, -0.2) is 4.79 Å². The molecule has 0 saturated carbocycles. The van der Waals surface area contributed by atoms with Crippen LogP contribution in [0.3, 0.4) is 0 Å². The predicted molar refractivity (Wildman–Crippen MR) is 67.1 cm³/mol. The maximum atomic E-state index is 10.9. The molecule has 1 aliphatic rings. The quantitative estimate of drug-likeness (QED) is 0.862. The molecule has 0 radical (unpaired) electrons. The summed E-state index contributed by atoms with van der Waals surface area (Å²) in [6, 6.07) is 1.85. The molecule has 1 aromatic rings. The van der Waals surface area contributed by atoms with Crippen molar-refractivity contribution < 1.29 is 9.90 Å². The van der Waals surface area contributed by atoms with E-state index in [0.29, 0.717) is 4.88 Å². The number of allylic oxidation sites excluding steroid dienone is 2. The maximum absolute atomic E-state index is 10.9. The van der Waals surface area contributed by atoms with Gasteiger partial charge in [0.1, 0.15) is 4.88 Å². The van der Waals surface area contributed by atoms with Crippen LogP contribution in [0.15, 0.2) is 12.1 Å². The van der Waals surface area contributed by atoms with E-state index in [-0.39, 0.29) is 0 Å². The van der Waals surface area contributed by atoms with Gasteiger partial charge in [-0.1, -0.05) is 19.4 Å². The van der Waals surface area contributed by atoms with Crippen molar-refractivity contribution >= 4 is 22.9 Å². The molecule has 2 rings (SSSR count). The third kappa shape index (κ3) is 2.19. The number of fused-ring (bicyclic) bond motifs is 1. The Hall–Kier alpha value is -1.09. The van der Waals surface area contributed by atoms with Crippen LogP contribution < -0.4 is 0 Å². The molecule has 16 heavy (non-hydrogen) atoms. The van der Waals surface area contributed by atoms with Crippen molar-refractivity contribution in [3.8, 4) is 0 Å². The highest BCUT2D eigenvalue weighted by Gasteiger charge is 2.19. The molecule has 3 heteroatoms. The van der Waals surface area contributed by atoms with Crippen LogP contribution >= 0.6 is 11.3 Å². The Labute approximate surface area is 99.6 Å². The largest absolute Gasteiger partial charge is 0.477 e. The van der Waals surface area contributed by atoms with E-state index in [2.05, 4.69) is 13.0 Å². The summed E-state index contributed by atoms with van der Waals surface area (Å²) < 4.78 is 0. The van der Waals surface area contributed by atoms with Crippen molar-refractivity contribution in [1.29, 1.82) is 0 Å². The van der Waals surface area contributed by atoms with Gasteiger partial charge in [-0.05, 0) is 42.9 Å². The highest BCUT2D eigenvalue weighted by molar-refractivity contribution is 7.14. The van der Waals surface area contributed by atoms with Crippen molar-refractivity contribution in [2.24, 2.45) is 0 Å². The monoisotopic (exact) mass is 236 g/mol. The lowest BCUT2D eigenvalue weighted by atomic mass is 9.92. The first-order chi connectivity index (χ1) is 7.72. The summed E-state index contributed by atoms with van der Waals surface area (Å²) in [6.45, 7) is 2.16. The summed E-state index contributed by atoms with van der Waals surface area (Å²) in [4.78, 5) is 12.7. The van der Waals surface area contributed by atoms with Gasteiger partial charge in [0, 0.05) is 4.88 Å². The topological polar surface area (TPSA) is 37.3 Å². The molecular weight excluding hydrogens is 220 g/mol. The molecule has 86 valence electrons. The van der Waals surface area contributed by atoms with Crippen LogP contribution in [0, 0.1) is 0 Å². The zero-order valence-electron chi connectivity index (χ0n) is 9.45. The number of carbonyl (C=O) groups is 1. The van der Waals surface area contributed by atoms with Gasteiger partial charge in [0.2, 0.25) is 0 Å². The van der Waals surface area contributed by atoms with Crippen LogP contribution in [0.5, 0.6) is 0 Å². The van der Waals surface area contributed by atoms with Crippen LogP contribution in [0.4, 0.5) is 0 Å². The molecule has 0 bridgehead atoms. The Morgan fingerprint density at radius 3 is 3.06 bits per heavy atom. The first kappa shape index (κ1) is 11.4. The maximum Gasteiger partial charge on any atom is 0.345 e. The summed E-state index contributed by atoms with van der Waals surface area (Å²) in [5, 5.41) is 8.99. The van der Waals surface area contributed by atoms with Crippen LogP contribution in [0.25, 0.3) is 5.57 Å². The van der Waals surface area contributed by atoms with E-state index in [4.69, 9.17) is 5.11 Å². The molecule has 0 amide bonds. The van der Waals surface area contributed by atoms with E-state index >= 15 is 0 Å². The first-order valence-corrected chi connectivity index (χ1v) is 6.59. The Morgan fingerprint density at radius 2 is 2.38 bits per heavy atom. The van der Waals surface area contributed by atoms with Gasteiger partial charge >= 0.3 is 5.97 Å². The van der Waals surface area contributed by atoms with Crippen LogP contribution in [-0.2, 0) is 6.42 Å². The minimum atomic E-state index is -0.797. The van der Waals surface area contributed by atoms with Gasteiger partial charge in [-0.3, -0.25) is 0 Å². The van der Waals surface area contributed by atoms with Gasteiger partial charge in [0.05, 0.1) is 0 Å². The van der Waals surface area contributed by atoms with Crippen molar-refractivity contribution in [3.63, 3.8) is 0 Å². The molecule has 0 aromatic carbocycles. The van der Waals surface area contributed by atoms with Gasteiger partial charge in [0.15, 0.2) is 0 Å². The van der Waals surface area contributed by atoms with Crippen molar-refractivity contribution in [1.82, 2.24) is 0 Å². The lowest BCUT2D eigenvalue weighted by Crippen LogP contribution is -1.97. The average molecular weight is 236 g/mol. The molecule has 0 spiro atoms. The molecule has 0 aliphatic heterocycles. The highest BCUT2D eigenvalue weighted by Crippen LogP contribution is 2.36. The van der Waals surface area contributed by atoms with Gasteiger partial charge < -0.3 is 5.11 Å². The molecule has 0 saturated heterocycles. The first-order valence-electron chi connectivity index (χ1n) is 5.77. The number of thiophene rings is 1. The lowest BCUT2D eigenvalue weighted by molar-refractivity contribution is 0.0702. The number of carboxylic acid groups (broad SMARTS) is 1. The van der Waals surface area contributed by atoms with E-state index in [9.17, 15) is 4.79 Å². The van der Waals surface area contributed by atoms with Crippen LogP contribution in [0.1, 0.15) is 52.7 Å². The average Bonchev–Trinajstić information content (AvgIpc) is 2.70. The summed E-state index contributed by atoms with van der Waals surface area (Å²) in [5.41, 5.74) is 2.55. The summed E-state index contributed by atoms with van der Waals surface area (Å²) in [5.74, 6) is -0.797. The number of carboxylic acids is 1. The van der Waals surface area contributed by atoms with Crippen LogP contribution in [-0.4, -0.2) is 11.1 Å². The standard InChI is InChI=1S/C13H16O2S/c1-2-3-5-9-6-4-7-11-10(9)8-12(16-11)13(14)15/h5,8H,2-4,6-7H2,1H3,(H,14,15)/b9-5+. The molecule has 1 aliphatic carbocycles. The number of hydrogen-bond acceptors (Lipinski definition) is 2. The van der Waals surface area contributed by atoms with Crippen molar-refractivity contribution in [3.05, 3.63) is 27.5 Å². The fourth-order valence-corrected chi connectivity index (χ4v) is 3.17. The Morgan fingerprint density at radius 1 is 1.56 bits per heavy atom. The Bertz CT molecular complexity index is 429. The van der Waals surface area contributed by atoms with E-state index < -0.39 is 5.97 Å². The zero-order valence-corrected chi connectivity index (χ0v) is 10.3. The summed E-state index contributed by atoms with van der Waals surface area (Å²) in [6.07, 6.45) is 7.81. The zero-order chi connectivity index (χ0) is 11.5. The smallest absolute Gasteiger partial charge is 0.345 e. The molecule has 0 fully saturated rings. The fourth-order valence-electron chi connectivity index (χ4n) is 2.10. The second kappa shape index (κ2) is 4.83. The molecule has 2 nitrogen and oxygen atoms in total. The molecular formula is C13H16O2S. The van der Waals surface area contributed by atoms with E-state index in [0.717, 1.165) is 32.1 Å². The van der Waals surface area contributed by atoms with E-state index in [1.807, 2.05) is 6.07 Å². The second-order valence-electron chi connectivity index (χ2n) is 4.12. The Balaban J connectivity index is 2.34. The second-order valence-corrected chi connectivity index (χ2v) is 5.26. The number of aryl methyl sites for hydroxylation is 1. The number of rotatable bonds is 3. The normalized spacial score (nSPS) is 17.4. The Kier molecular flexibility index (Phi) is 3.44. The number of hydrogen-bond donors (Lipinski definition) is 1.